The van der Waals surface area contributed by atoms with Crippen LogP contribution in [-0.2, 0) is 6.18 Å². The van der Waals surface area contributed by atoms with Crippen LogP contribution in [-0.4, -0.2) is 21.8 Å². The molecule has 1 aromatic heterocycles. The zero-order chi connectivity index (χ0) is 24.5. The van der Waals surface area contributed by atoms with Crippen LogP contribution < -0.4 is 16.4 Å². The first-order valence-corrected chi connectivity index (χ1v) is 10.0. The fraction of sp³-hybridized carbons (Fsp3) is 0.0833. The molecule has 0 unspecified atom stereocenters. The third-order valence-electron chi connectivity index (χ3n) is 5.14. The Bertz CT molecular complexity index is 1420. The zero-order valence-electron chi connectivity index (χ0n) is 17.8. The van der Waals surface area contributed by atoms with Gasteiger partial charge in [0.05, 0.1) is 16.6 Å². The summed E-state index contributed by atoms with van der Waals surface area (Å²) < 4.78 is 38.8. The quantitative estimate of drug-likeness (QED) is 0.391. The number of halogens is 3. The van der Waals surface area contributed by atoms with Gasteiger partial charge in [-0.2, -0.15) is 13.2 Å². The zero-order valence-corrected chi connectivity index (χ0v) is 17.8. The molecule has 0 atom stereocenters. The van der Waals surface area contributed by atoms with E-state index in [1.165, 1.54) is 24.5 Å². The van der Waals surface area contributed by atoms with Crippen molar-refractivity contribution in [3.63, 3.8) is 0 Å². The normalized spacial score (nSPS) is 11.3. The first-order chi connectivity index (χ1) is 16.1. The van der Waals surface area contributed by atoms with Gasteiger partial charge in [0.1, 0.15) is 12.1 Å². The molecule has 4 rings (SSSR count). The number of carbonyl (C=O) groups excluding carboxylic acids is 2. The molecular weight excluding hydrogens is 447 g/mol. The van der Waals surface area contributed by atoms with Gasteiger partial charge in [0.15, 0.2) is 0 Å². The van der Waals surface area contributed by atoms with Crippen LogP contribution in [0.5, 0.6) is 0 Å². The molecule has 0 bridgehead atoms. The number of para-hydroxylation sites is 1. The van der Waals surface area contributed by atoms with Crippen LogP contribution in [0, 0.1) is 6.92 Å². The molecular formula is C24H18F3N5O2. The number of benzene rings is 3. The lowest BCUT2D eigenvalue weighted by molar-refractivity contribution is -0.137. The molecule has 0 aliphatic heterocycles. The minimum atomic E-state index is -4.56. The SMILES string of the molecule is Cc1ccc(NC(=O)c2cccc(C(F)(F)F)c2)cc1NC(=O)c1cccc2c(N)ncnc12. The van der Waals surface area contributed by atoms with E-state index in [2.05, 4.69) is 20.6 Å². The number of amides is 2. The molecule has 34 heavy (non-hydrogen) atoms. The monoisotopic (exact) mass is 465 g/mol. The highest BCUT2D eigenvalue weighted by molar-refractivity contribution is 6.13. The fourth-order valence-electron chi connectivity index (χ4n) is 3.35. The smallest absolute Gasteiger partial charge is 0.383 e. The van der Waals surface area contributed by atoms with E-state index in [4.69, 9.17) is 5.73 Å². The van der Waals surface area contributed by atoms with Crippen molar-refractivity contribution in [2.45, 2.75) is 13.1 Å². The second-order valence-corrected chi connectivity index (χ2v) is 7.48. The van der Waals surface area contributed by atoms with E-state index in [0.717, 1.165) is 12.1 Å². The number of nitrogens with one attached hydrogen (secondary N) is 2. The molecule has 0 saturated carbocycles. The van der Waals surface area contributed by atoms with Crippen molar-refractivity contribution in [1.29, 1.82) is 0 Å². The number of alkyl halides is 3. The van der Waals surface area contributed by atoms with E-state index in [1.807, 2.05) is 0 Å². The molecule has 7 nitrogen and oxygen atoms in total. The largest absolute Gasteiger partial charge is 0.416 e. The molecule has 10 heteroatoms. The van der Waals surface area contributed by atoms with E-state index < -0.39 is 23.6 Å². The summed E-state index contributed by atoms with van der Waals surface area (Å²) in [5, 5.41) is 5.88. The number of hydrogen-bond acceptors (Lipinski definition) is 5. The molecule has 0 radical (unpaired) electrons. The van der Waals surface area contributed by atoms with Gasteiger partial charge in [-0.3, -0.25) is 9.59 Å². The van der Waals surface area contributed by atoms with E-state index in [0.29, 0.717) is 27.8 Å². The summed E-state index contributed by atoms with van der Waals surface area (Å²) in [6.07, 6.45) is -3.29. The van der Waals surface area contributed by atoms with Crippen LogP contribution in [0.25, 0.3) is 10.9 Å². The van der Waals surface area contributed by atoms with Gasteiger partial charge in [0.25, 0.3) is 11.8 Å². The van der Waals surface area contributed by atoms with Crippen molar-refractivity contribution in [3.8, 4) is 0 Å². The first kappa shape index (κ1) is 22.7. The Morgan fingerprint density at radius 3 is 2.44 bits per heavy atom. The second kappa shape index (κ2) is 8.81. The summed E-state index contributed by atoms with van der Waals surface area (Å²) >= 11 is 0. The lowest BCUT2D eigenvalue weighted by atomic mass is 10.1. The summed E-state index contributed by atoms with van der Waals surface area (Å²) in [6.45, 7) is 1.76. The number of nitrogens with two attached hydrogens (primary N) is 1. The predicted octanol–water partition coefficient (Wildman–Crippen LogP) is 5.04. The highest BCUT2D eigenvalue weighted by Crippen LogP contribution is 2.30. The van der Waals surface area contributed by atoms with Gasteiger partial charge in [0.2, 0.25) is 0 Å². The molecule has 0 fully saturated rings. The molecule has 1 heterocycles. The van der Waals surface area contributed by atoms with E-state index in [-0.39, 0.29) is 16.9 Å². The highest BCUT2D eigenvalue weighted by Gasteiger charge is 2.30. The van der Waals surface area contributed by atoms with Crippen molar-refractivity contribution in [2.24, 2.45) is 0 Å². The lowest BCUT2D eigenvalue weighted by Crippen LogP contribution is -2.16. The van der Waals surface area contributed by atoms with Gasteiger partial charge < -0.3 is 16.4 Å². The van der Waals surface area contributed by atoms with Crippen molar-refractivity contribution in [1.82, 2.24) is 9.97 Å². The van der Waals surface area contributed by atoms with Crippen LogP contribution in [0.4, 0.5) is 30.4 Å². The molecule has 0 aliphatic rings. The van der Waals surface area contributed by atoms with Crippen molar-refractivity contribution < 1.29 is 22.8 Å². The van der Waals surface area contributed by atoms with Crippen molar-refractivity contribution in [3.05, 3.63) is 89.2 Å². The maximum Gasteiger partial charge on any atom is 0.416 e. The molecule has 4 aromatic rings. The number of nitrogens with zero attached hydrogens (tertiary/aromatic N) is 2. The van der Waals surface area contributed by atoms with Gasteiger partial charge in [-0.1, -0.05) is 18.2 Å². The number of anilines is 3. The summed E-state index contributed by atoms with van der Waals surface area (Å²) in [4.78, 5) is 33.6. The van der Waals surface area contributed by atoms with Gasteiger partial charge in [-0.15, -0.1) is 0 Å². The maximum atomic E-state index is 13.0. The standard InChI is InChI=1S/C24H18F3N5O2/c1-13-8-9-16(31-22(33)14-4-2-5-15(10-14)24(25,26)27)11-19(13)32-23(34)18-7-3-6-17-20(18)29-12-30-21(17)28/h2-12H,1H3,(H,31,33)(H,32,34)(H2,28,29,30). The summed E-state index contributed by atoms with van der Waals surface area (Å²) in [5.41, 5.74) is 6.88. The molecule has 0 spiro atoms. The summed E-state index contributed by atoms with van der Waals surface area (Å²) in [5.74, 6) is -0.920. The number of rotatable bonds is 4. The van der Waals surface area contributed by atoms with Crippen LogP contribution in [0.3, 0.4) is 0 Å². The molecule has 172 valence electrons. The van der Waals surface area contributed by atoms with Gasteiger partial charge in [0, 0.05) is 22.3 Å². The van der Waals surface area contributed by atoms with Crippen molar-refractivity contribution >= 4 is 39.9 Å². The van der Waals surface area contributed by atoms with E-state index in [1.54, 1.807) is 37.3 Å². The third-order valence-corrected chi connectivity index (χ3v) is 5.14. The third kappa shape index (κ3) is 4.65. The minimum Gasteiger partial charge on any atom is -0.383 e. The average Bonchev–Trinajstić information content (AvgIpc) is 2.80. The highest BCUT2D eigenvalue weighted by atomic mass is 19.4. The van der Waals surface area contributed by atoms with Crippen LogP contribution in [0.2, 0.25) is 0 Å². The van der Waals surface area contributed by atoms with E-state index >= 15 is 0 Å². The van der Waals surface area contributed by atoms with Crippen LogP contribution in [0.15, 0.2) is 67.0 Å². The number of carbonyl (C=O) groups is 2. The Kier molecular flexibility index (Phi) is 5.89. The topological polar surface area (TPSA) is 110 Å². The number of fused-ring (bicyclic) bond motifs is 1. The Morgan fingerprint density at radius 1 is 0.912 bits per heavy atom. The number of hydrogen-bond donors (Lipinski definition) is 3. The molecule has 2 amide bonds. The number of nitrogen functional groups attached to an aromatic ring is 1. The van der Waals surface area contributed by atoms with Crippen molar-refractivity contribution in [2.75, 3.05) is 16.4 Å². The minimum absolute atomic E-state index is 0.144. The summed E-state index contributed by atoms with van der Waals surface area (Å²) in [7, 11) is 0. The molecule has 0 aliphatic carbocycles. The maximum absolute atomic E-state index is 13.0. The Morgan fingerprint density at radius 2 is 1.68 bits per heavy atom. The predicted molar refractivity (Wildman–Crippen MR) is 122 cm³/mol. The molecule has 3 aromatic carbocycles. The lowest BCUT2D eigenvalue weighted by Gasteiger charge is -2.13. The van der Waals surface area contributed by atoms with Crippen LogP contribution in [0.1, 0.15) is 31.8 Å². The molecule has 0 saturated heterocycles. The number of aromatic nitrogens is 2. The second-order valence-electron chi connectivity index (χ2n) is 7.48. The fourth-order valence-corrected chi connectivity index (χ4v) is 3.35. The average molecular weight is 465 g/mol. The number of aryl methyl sites for hydroxylation is 1. The van der Waals surface area contributed by atoms with Gasteiger partial charge >= 0.3 is 6.18 Å². The Labute approximate surface area is 191 Å². The Balaban J connectivity index is 1.57. The van der Waals surface area contributed by atoms with Crippen LogP contribution >= 0.6 is 0 Å². The molecule has 4 N–H and O–H groups in total. The van der Waals surface area contributed by atoms with E-state index in [9.17, 15) is 22.8 Å². The first-order valence-electron chi connectivity index (χ1n) is 10.0. The summed E-state index contributed by atoms with van der Waals surface area (Å²) in [6, 6.07) is 13.9. The Hall–Kier alpha value is -4.47. The van der Waals surface area contributed by atoms with Gasteiger partial charge in [-0.25, -0.2) is 9.97 Å². The van der Waals surface area contributed by atoms with Gasteiger partial charge in [-0.05, 0) is 55.0 Å².